The van der Waals surface area contributed by atoms with Crippen LogP contribution in [0.2, 0.25) is 0 Å². The summed E-state index contributed by atoms with van der Waals surface area (Å²) in [5, 5.41) is 11.1. The first-order valence-corrected chi connectivity index (χ1v) is 10.0. The maximum atomic E-state index is 12.0. The molecule has 0 unspecified atom stereocenters. The Bertz CT molecular complexity index is 886. The van der Waals surface area contributed by atoms with Gasteiger partial charge in [0, 0.05) is 16.0 Å². The lowest BCUT2D eigenvalue weighted by molar-refractivity contribution is 0.0694. The molecular weight excluding hydrogens is 342 g/mol. The van der Waals surface area contributed by atoms with E-state index in [2.05, 4.69) is 4.98 Å². The van der Waals surface area contributed by atoms with E-state index in [9.17, 15) is 14.7 Å². The van der Waals surface area contributed by atoms with Crippen LogP contribution in [0.1, 0.15) is 46.0 Å². The van der Waals surface area contributed by atoms with Crippen molar-refractivity contribution in [1.29, 1.82) is 0 Å². The van der Waals surface area contributed by atoms with Crippen molar-refractivity contribution in [3.05, 3.63) is 49.9 Å². The molecule has 2 heterocycles. The molecule has 1 aromatic carbocycles. The zero-order valence-electron chi connectivity index (χ0n) is 12.9. The third-order valence-corrected chi connectivity index (χ3v) is 8.62. The van der Waals surface area contributed by atoms with Crippen molar-refractivity contribution in [2.45, 2.75) is 35.5 Å². The standard InChI is InChI=1S/C18H17NO3S2/c20-17(21)11-4-2-1-3-10(11)13-12-8-5-6-9(7-8)14(12)23-16-15(13)24-18(22)19-16/h1-4,8-9,12-14H,5-7H2,(H,19,22)(H,20,21)/t8-,9-,12-,13-,14+/m0/s1. The van der Waals surface area contributed by atoms with Crippen LogP contribution in [0.3, 0.4) is 0 Å². The molecule has 0 saturated heterocycles. The van der Waals surface area contributed by atoms with E-state index >= 15 is 0 Å². The topological polar surface area (TPSA) is 70.2 Å². The Labute approximate surface area is 147 Å². The SMILES string of the molecule is O=C(O)c1ccccc1[C@@H]1c2sc(=O)[nH]c2S[C@@H]2[C@H]3CC[C@@H](C3)[C@@H]12. The van der Waals surface area contributed by atoms with Gasteiger partial charge < -0.3 is 10.1 Å². The van der Waals surface area contributed by atoms with Crippen LogP contribution in [0.15, 0.2) is 34.1 Å². The molecular formula is C18H17NO3S2. The highest BCUT2D eigenvalue weighted by Crippen LogP contribution is 2.63. The summed E-state index contributed by atoms with van der Waals surface area (Å²) in [6.45, 7) is 0. The number of H-pyrrole nitrogens is 1. The predicted molar refractivity (Wildman–Crippen MR) is 94.2 cm³/mol. The summed E-state index contributed by atoms with van der Waals surface area (Å²) in [6.07, 6.45) is 3.77. The van der Waals surface area contributed by atoms with Gasteiger partial charge in [-0.3, -0.25) is 4.79 Å². The van der Waals surface area contributed by atoms with E-state index in [1.165, 1.54) is 30.6 Å². The van der Waals surface area contributed by atoms with Crippen LogP contribution in [-0.4, -0.2) is 21.3 Å². The average Bonchev–Trinajstić information content (AvgIpc) is 3.26. The number of benzene rings is 1. The molecule has 0 spiro atoms. The number of aromatic amines is 1. The minimum atomic E-state index is -0.882. The van der Waals surface area contributed by atoms with Crippen LogP contribution in [-0.2, 0) is 0 Å². The molecule has 3 aliphatic rings. The Hall–Kier alpha value is -1.53. The average molecular weight is 359 g/mol. The summed E-state index contributed by atoms with van der Waals surface area (Å²) in [6, 6.07) is 7.34. The third-order valence-electron chi connectivity index (χ3n) is 5.99. The predicted octanol–water partition coefficient (Wildman–Crippen LogP) is 3.79. The van der Waals surface area contributed by atoms with Gasteiger partial charge in [-0.1, -0.05) is 29.5 Å². The van der Waals surface area contributed by atoms with Gasteiger partial charge in [0.15, 0.2) is 0 Å². The summed E-state index contributed by atoms with van der Waals surface area (Å²) in [5.41, 5.74) is 1.26. The number of fused-ring (bicyclic) bond motifs is 6. The van der Waals surface area contributed by atoms with Crippen LogP contribution in [0.4, 0.5) is 0 Å². The van der Waals surface area contributed by atoms with Gasteiger partial charge in [-0.15, -0.1) is 11.8 Å². The van der Waals surface area contributed by atoms with E-state index < -0.39 is 5.97 Å². The second-order valence-corrected chi connectivity index (χ2v) is 9.27. The second-order valence-electron chi connectivity index (χ2n) is 7.07. The number of carboxylic acid groups (broad SMARTS) is 1. The largest absolute Gasteiger partial charge is 0.478 e. The highest BCUT2D eigenvalue weighted by Gasteiger charge is 2.55. The summed E-state index contributed by atoms with van der Waals surface area (Å²) in [5.74, 6) is 0.977. The number of hydrogen-bond donors (Lipinski definition) is 2. The summed E-state index contributed by atoms with van der Waals surface area (Å²) in [4.78, 5) is 27.8. The Morgan fingerprint density at radius 1 is 1.21 bits per heavy atom. The summed E-state index contributed by atoms with van der Waals surface area (Å²) < 4.78 is 0. The smallest absolute Gasteiger partial charge is 0.335 e. The summed E-state index contributed by atoms with van der Waals surface area (Å²) in [7, 11) is 0. The van der Waals surface area contributed by atoms with Gasteiger partial charge >= 0.3 is 10.8 Å². The summed E-state index contributed by atoms with van der Waals surface area (Å²) >= 11 is 3.10. The molecule has 2 N–H and O–H groups in total. The molecule has 4 nitrogen and oxygen atoms in total. The zero-order chi connectivity index (χ0) is 16.4. The molecule has 1 aromatic heterocycles. The van der Waals surface area contributed by atoms with Crippen molar-refractivity contribution in [3.8, 4) is 0 Å². The van der Waals surface area contributed by atoms with Crippen LogP contribution in [0.5, 0.6) is 0 Å². The normalized spacial score (nSPS) is 33.2. The lowest BCUT2D eigenvalue weighted by atomic mass is 9.74. The van der Waals surface area contributed by atoms with Gasteiger partial charge in [-0.25, -0.2) is 4.79 Å². The first-order chi connectivity index (χ1) is 11.6. The molecule has 5 rings (SSSR count). The Morgan fingerprint density at radius 3 is 2.83 bits per heavy atom. The molecule has 5 atom stereocenters. The van der Waals surface area contributed by atoms with E-state index in [1.807, 2.05) is 23.9 Å². The Morgan fingerprint density at radius 2 is 2.00 bits per heavy atom. The van der Waals surface area contributed by atoms with E-state index in [0.29, 0.717) is 28.6 Å². The molecule has 2 fully saturated rings. The fourth-order valence-electron chi connectivity index (χ4n) is 5.16. The lowest BCUT2D eigenvalue weighted by Crippen LogP contribution is -2.34. The Kier molecular flexibility index (Phi) is 3.22. The van der Waals surface area contributed by atoms with Crippen molar-refractivity contribution >= 4 is 29.1 Å². The van der Waals surface area contributed by atoms with Crippen molar-refractivity contribution in [2.75, 3.05) is 0 Å². The molecule has 6 heteroatoms. The molecule has 2 bridgehead atoms. The van der Waals surface area contributed by atoms with Crippen LogP contribution < -0.4 is 4.87 Å². The van der Waals surface area contributed by atoms with Gasteiger partial charge in [-0.2, -0.15) is 0 Å². The monoisotopic (exact) mass is 359 g/mol. The third kappa shape index (κ3) is 1.99. The zero-order valence-corrected chi connectivity index (χ0v) is 14.5. The molecule has 0 radical (unpaired) electrons. The number of nitrogens with one attached hydrogen (secondary N) is 1. The number of thiazole rings is 1. The number of aromatic nitrogens is 1. The number of rotatable bonds is 2. The Balaban J connectivity index is 1.73. The van der Waals surface area contributed by atoms with Crippen molar-refractivity contribution in [3.63, 3.8) is 0 Å². The number of carbonyl (C=O) groups is 1. The van der Waals surface area contributed by atoms with Crippen molar-refractivity contribution in [2.24, 2.45) is 17.8 Å². The molecule has 2 saturated carbocycles. The van der Waals surface area contributed by atoms with Crippen molar-refractivity contribution in [1.82, 2.24) is 4.98 Å². The van der Waals surface area contributed by atoms with Crippen LogP contribution >= 0.6 is 23.1 Å². The molecule has 0 amide bonds. The molecule has 1 aliphatic heterocycles. The minimum Gasteiger partial charge on any atom is -0.478 e. The highest BCUT2D eigenvalue weighted by atomic mass is 32.2. The van der Waals surface area contributed by atoms with Gasteiger partial charge in [0.1, 0.15) is 0 Å². The maximum absolute atomic E-state index is 12.0. The van der Waals surface area contributed by atoms with E-state index in [1.54, 1.807) is 12.1 Å². The van der Waals surface area contributed by atoms with E-state index in [4.69, 9.17) is 0 Å². The van der Waals surface area contributed by atoms with Crippen LogP contribution in [0, 0.1) is 17.8 Å². The van der Waals surface area contributed by atoms with Gasteiger partial charge in [-0.05, 0) is 48.6 Å². The van der Waals surface area contributed by atoms with Gasteiger partial charge in [0.2, 0.25) is 0 Å². The first kappa shape index (κ1) is 14.8. The van der Waals surface area contributed by atoms with Gasteiger partial charge in [0.25, 0.3) is 0 Å². The molecule has 2 aromatic rings. The number of hydrogen-bond acceptors (Lipinski definition) is 4. The fraction of sp³-hybridized carbons (Fsp3) is 0.444. The van der Waals surface area contributed by atoms with E-state index in [-0.39, 0.29) is 10.8 Å². The lowest BCUT2D eigenvalue weighted by Gasteiger charge is -2.40. The maximum Gasteiger partial charge on any atom is 0.335 e. The highest BCUT2D eigenvalue weighted by molar-refractivity contribution is 8.00. The first-order valence-electron chi connectivity index (χ1n) is 8.35. The fourth-order valence-corrected chi connectivity index (χ4v) is 8.05. The number of thioether (sulfide) groups is 1. The number of carboxylic acids is 1. The molecule has 124 valence electrons. The second kappa shape index (κ2) is 5.23. The quantitative estimate of drug-likeness (QED) is 0.856. The van der Waals surface area contributed by atoms with Crippen LogP contribution in [0.25, 0.3) is 0 Å². The number of aromatic carboxylic acids is 1. The van der Waals surface area contributed by atoms with Crippen molar-refractivity contribution < 1.29 is 9.90 Å². The van der Waals surface area contributed by atoms with E-state index in [0.717, 1.165) is 15.5 Å². The molecule has 24 heavy (non-hydrogen) atoms. The molecule has 2 aliphatic carbocycles. The van der Waals surface area contributed by atoms with Gasteiger partial charge in [0.05, 0.1) is 10.6 Å². The minimum absolute atomic E-state index is 0.0300.